The van der Waals surface area contributed by atoms with Crippen LogP contribution in [-0.4, -0.2) is 13.6 Å². The van der Waals surface area contributed by atoms with Gasteiger partial charge >= 0.3 is 0 Å². The predicted octanol–water partition coefficient (Wildman–Crippen LogP) is 3.58. The molecular formula is C15H26N2. The number of para-hydroxylation sites is 1. The van der Waals surface area contributed by atoms with Gasteiger partial charge in [-0.05, 0) is 23.5 Å². The normalized spacial score (nSPS) is 13.5. The van der Waals surface area contributed by atoms with Crippen LogP contribution in [-0.2, 0) is 0 Å². The van der Waals surface area contributed by atoms with Crippen LogP contribution >= 0.6 is 0 Å². The van der Waals surface area contributed by atoms with Crippen molar-refractivity contribution >= 4 is 5.69 Å². The Labute approximate surface area is 106 Å². The molecule has 0 fully saturated rings. The lowest BCUT2D eigenvalue weighted by atomic mass is 9.95. The maximum absolute atomic E-state index is 6.17. The summed E-state index contributed by atoms with van der Waals surface area (Å²) in [5.74, 6) is 0. The van der Waals surface area contributed by atoms with Gasteiger partial charge in [-0.15, -0.1) is 0 Å². The molecule has 0 radical (unpaired) electrons. The van der Waals surface area contributed by atoms with Crippen molar-refractivity contribution in [1.82, 2.24) is 0 Å². The lowest BCUT2D eigenvalue weighted by Gasteiger charge is -2.30. The van der Waals surface area contributed by atoms with Crippen molar-refractivity contribution in [2.24, 2.45) is 11.1 Å². The van der Waals surface area contributed by atoms with Crippen molar-refractivity contribution in [3.05, 3.63) is 29.8 Å². The SMILES string of the molecule is CC[C@@H](N)c1ccccc1N(C)CC(C)(C)C. The van der Waals surface area contributed by atoms with Crippen molar-refractivity contribution in [3.8, 4) is 0 Å². The van der Waals surface area contributed by atoms with Crippen molar-refractivity contribution in [2.75, 3.05) is 18.5 Å². The first-order valence-corrected chi connectivity index (χ1v) is 6.41. The second kappa shape index (κ2) is 5.54. The van der Waals surface area contributed by atoms with E-state index in [-0.39, 0.29) is 11.5 Å². The molecule has 17 heavy (non-hydrogen) atoms. The summed E-state index contributed by atoms with van der Waals surface area (Å²) in [6.07, 6.45) is 0.973. The maximum atomic E-state index is 6.17. The molecule has 0 saturated heterocycles. The van der Waals surface area contributed by atoms with Gasteiger partial charge in [-0.1, -0.05) is 45.9 Å². The smallest absolute Gasteiger partial charge is 0.0412 e. The third-order valence-electron chi connectivity index (χ3n) is 2.90. The number of nitrogens with two attached hydrogens (primary N) is 1. The van der Waals surface area contributed by atoms with Gasteiger partial charge in [0.1, 0.15) is 0 Å². The Hall–Kier alpha value is -1.02. The van der Waals surface area contributed by atoms with Crippen LogP contribution in [0.25, 0.3) is 0 Å². The summed E-state index contributed by atoms with van der Waals surface area (Å²) in [6, 6.07) is 8.59. The fraction of sp³-hybridized carbons (Fsp3) is 0.600. The summed E-state index contributed by atoms with van der Waals surface area (Å²) in [5.41, 5.74) is 8.97. The molecule has 0 aliphatic carbocycles. The van der Waals surface area contributed by atoms with Crippen molar-refractivity contribution in [2.45, 2.75) is 40.2 Å². The topological polar surface area (TPSA) is 29.3 Å². The molecule has 0 aromatic heterocycles. The van der Waals surface area contributed by atoms with Gasteiger partial charge in [0.25, 0.3) is 0 Å². The summed E-state index contributed by atoms with van der Waals surface area (Å²) < 4.78 is 0. The minimum Gasteiger partial charge on any atom is -0.374 e. The molecule has 0 amide bonds. The van der Waals surface area contributed by atoms with E-state index in [1.165, 1.54) is 11.3 Å². The highest BCUT2D eigenvalue weighted by Gasteiger charge is 2.17. The summed E-state index contributed by atoms with van der Waals surface area (Å²) in [5, 5.41) is 0. The minimum absolute atomic E-state index is 0.133. The molecule has 0 aliphatic heterocycles. The molecule has 1 aromatic carbocycles. The van der Waals surface area contributed by atoms with E-state index in [0.717, 1.165) is 13.0 Å². The molecule has 1 aromatic rings. The number of nitrogens with zero attached hydrogens (tertiary/aromatic N) is 1. The van der Waals surface area contributed by atoms with Crippen LogP contribution in [0.2, 0.25) is 0 Å². The van der Waals surface area contributed by atoms with Gasteiger partial charge in [-0.3, -0.25) is 0 Å². The maximum Gasteiger partial charge on any atom is 0.0412 e. The fourth-order valence-electron chi connectivity index (χ4n) is 2.17. The Balaban J connectivity index is 2.97. The summed E-state index contributed by atoms with van der Waals surface area (Å²) in [6.45, 7) is 9.93. The lowest BCUT2D eigenvalue weighted by molar-refractivity contribution is 0.418. The van der Waals surface area contributed by atoms with Gasteiger partial charge in [0, 0.05) is 25.3 Å². The van der Waals surface area contributed by atoms with E-state index in [0.29, 0.717) is 0 Å². The van der Waals surface area contributed by atoms with Crippen LogP contribution in [0, 0.1) is 5.41 Å². The molecule has 2 nitrogen and oxygen atoms in total. The second-order valence-corrected chi connectivity index (χ2v) is 5.99. The Bertz CT molecular complexity index is 352. The van der Waals surface area contributed by atoms with Crippen LogP contribution < -0.4 is 10.6 Å². The number of hydrogen-bond acceptors (Lipinski definition) is 2. The number of hydrogen-bond donors (Lipinski definition) is 1. The molecule has 0 bridgehead atoms. The molecule has 2 heteroatoms. The zero-order valence-electron chi connectivity index (χ0n) is 11.8. The van der Waals surface area contributed by atoms with E-state index in [9.17, 15) is 0 Å². The Kier molecular flexibility index (Phi) is 4.58. The van der Waals surface area contributed by atoms with Gasteiger partial charge in [0.05, 0.1) is 0 Å². The Morgan fingerprint density at radius 2 is 1.82 bits per heavy atom. The lowest BCUT2D eigenvalue weighted by Crippen LogP contribution is -2.30. The summed E-state index contributed by atoms with van der Waals surface area (Å²) in [7, 11) is 2.15. The van der Waals surface area contributed by atoms with Crippen molar-refractivity contribution in [1.29, 1.82) is 0 Å². The van der Waals surface area contributed by atoms with Crippen molar-refractivity contribution < 1.29 is 0 Å². The quantitative estimate of drug-likeness (QED) is 0.863. The van der Waals surface area contributed by atoms with E-state index in [1.807, 2.05) is 0 Å². The van der Waals surface area contributed by atoms with Crippen LogP contribution in [0.3, 0.4) is 0 Å². The first-order chi connectivity index (χ1) is 7.85. The first-order valence-electron chi connectivity index (χ1n) is 6.41. The third kappa shape index (κ3) is 4.04. The standard InChI is InChI=1S/C15H26N2/c1-6-13(16)12-9-7-8-10-14(12)17(5)11-15(2,3)4/h7-10,13H,6,11,16H2,1-5H3/t13-/m1/s1. The molecule has 1 atom stereocenters. The van der Waals surface area contributed by atoms with Crippen LogP contribution in [0.4, 0.5) is 5.69 Å². The number of rotatable bonds is 4. The summed E-state index contributed by atoms with van der Waals surface area (Å²) >= 11 is 0. The van der Waals surface area contributed by atoms with Gasteiger partial charge in [-0.2, -0.15) is 0 Å². The molecule has 0 aliphatic rings. The van der Waals surface area contributed by atoms with Gasteiger partial charge in [0.15, 0.2) is 0 Å². The molecule has 0 spiro atoms. The predicted molar refractivity (Wildman–Crippen MR) is 76.4 cm³/mol. The average Bonchev–Trinajstić information content (AvgIpc) is 2.25. The molecular weight excluding hydrogens is 208 g/mol. The third-order valence-corrected chi connectivity index (χ3v) is 2.90. The van der Waals surface area contributed by atoms with E-state index in [2.05, 4.69) is 63.9 Å². The molecule has 0 unspecified atom stereocenters. The van der Waals surface area contributed by atoms with Crippen molar-refractivity contribution in [3.63, 3.8) is 0 Å². The highest BCUT2D eigenvalue weighted by atomic mass is 15.1. The second-order valence-electron chi connectivity index (χ2n) is 5.99. The van der Waals surface area contributed by atoms with E-state index in [1.54, 1.807) is 0 Å². The van der Waals surface area contributed by atoms with Crippen LogP contribution in [0.1, 0.15) is 45.7 Å². The number of anilines is 1. The largest absolute Gasteiger partial charge is 0.374 e. The minimum atomic E-state index is 0.133. The zero-order valence-corrected chi connectivity index (χ0v) is 11.8. The monoisotopic (exact) mass is 234 g/mol. The first kappa shape index (κ1) is 14.0. The molecule has 0 heterocycles. The molecule has 0 saturated carbocycles. The van der Waals surface area contributed by atoms with Gasteiger partial charge < -0.3 is 10.6 Å². The van der Waals surface area contributed by atoms with E-state index in [4.69, 9.17) is 5.73 Å². The average molecular weight is 234 g/mol. The van der Waals surface area contributed by atoms with Crippen LogP contribution in [0.5, 0.6) is 0 Å². The highest BCUT2D eigenvalue weighted by molar-refractivity contribution is 5.54. The van der Waals surface area contributed by atoms with E-state index < -0.39 is 0 Å². The summed E-state index contributed by atoms with van der Waals surface area (Å²) in [4.78, 5) is 2.31. The van der Waals surface area contributed by atoms with Gasteiger partial charge in [0.2, 0.25) is 0 Å². The fourth-order valence-corrected chi connectivity index (χ4v) is 2.17. The Morgan fingerprint density at radius 3 is 2.35 bits per heavy atom. The van der Waals surface area contributed by atoms with Crippen LogP contribution in [0.15, 0.2) is 24.3 Å². The Morgan fingerprint density at radius 1 is 1.24 bits per heavy atom. The van der Waals surface area contributed by atoms with E-state index >= 15 is 0 Å². The van der Waals surface area contributed by atoms with Gasteiger partial charge in [-0.25, -0.2) is 0 Å². The molecule has 96 valence electrons. The number of benzene rings is 1. The molecule has 1 rings (SSSR count). The highest BCUT2D eigenvalue weighted by Crippen LogP contribution is 2.28. The molecule has 2 N–H and O–H groups in total. The zero-order chi connectivity index (χ0) is 13.1.